The number of benzene rings is 5. The molecule has 5 nitrogen and oxygen atoms in total. The zero-order chi connectivity index (χ0) is 29.6. The molecule has 0 aliphatic carbocycles. The molecule has 1 atom stereocenters. The molecule has 1 unspecified atom stereocenters. The molecule has 7 heteroatoms. The number of imidazole rings is 1. The summed E-state index contributed by atoms with van der Waals surface area (Å²) in [6, 6.07) is 40.6. The average Bonchev–Trinajstić information content (AvgIpc) is 3.82. The summed E-state index contributed by atoms with van der Waals surface area (Å²) in [6.45, 7) is 0. The van der Waals surface area contributed by atoms with Gasteiger partial charge in [0, 0.05) is 45.7 Å². The van der Waals surface area contributed by atoms with E-state index < -0.39 is 6.17 Å². The topological polar surface area (TPSA) is 48.3 Å². The molecule has 0 radical (unpaired) electrons. The van der Waals surface area contributed by atoms with Crippen LogP contribution in [-0.4, -0.2) is 18.9 Å². The number of furan rings is 1. The minimum absolute atomic E-state index is 0. The second-order valence-corrected chi connectivity index (χ2v) is 11.3. The SMILES string of the molecule is FC(c1[c-]c(-n2c3ncccc3c3ccc4c5ccccc5oc4c32)ccc1)c1[c-]c2c(cc1)c1ccccc1n1ccnc21.[Pt+2]. The van der Waals surface area contributed by atoms with Crippen molar-refractivity contribution in [2.24, 2.45) is 0 Å². The van der Waals surface area contributed by atoms with Crippen molar-refractivity contribution in [3.05, 3.63) is 145 Å². The summed E-state index contributed by atoms with van der Waals surface area (Å²) in [5, 5.41) is 6.92. The van der Waals surface area contributed by atoms with Crippen molar-refractivity contribution in [2.45, 2.75) is 6.17 Å². The largest absolute Gasteiger partial charge is 2.00 e. The van der Waals surface area contributed by atoms with E-state index in [1.165, 1.54) is 0 Å². The first-order valence-corrected chi connectivity index (χ1v) is 14.8. The van der Waals surface area contributed by atoms with E-state index >= 15 is 4.39 Å². The molecular weight excluding hydrogens is 755 g/mol. The van der Waals surface area contributed by atoms with Crippen molar-refractivity contribution >= 4 is 71.2 Å². The Labute approximate surface area is 275 Å². The van der Waals surface area contributed by atoms with Crippen molar-refractivity contribution < 1.29 is 29.9 Å². The maximum absolute atomic E-state index is 16.5. The number of para-hydroxylation sites is 2. The number of pyridine rings is 2. The van der Waals surface area contributed by atoms with Crippen LogP contribution in [0.5, 0.6) is 0 Å². The Bertz CT molecular complexity index is 2810. The van der Waals surface area contributed by atoms with E-state index in [9.17, 15) is 0 Å². The summed E-state index contributed by atoms with van der Waals surface area (Å²) >= 11 is 0. The van der Waals surface area contributed by atoms with Gasteiger partial charge in [-0.25, -0.2) is 9.37 Å². The molecule has 10 aromatic rings. The van der Waals surface area contributed by atoms with Crippen LogP contribution >= 0.6 is 0 Å². The van der Waals surface area contributed by atoms with Crippen LogP contribution in [0.4, 0.5) is 4.39 Å². The second kappa shape index (κ2) is 10.1. The third-order valence-corrected chi connectivity index (χ3v) is 8.91. The molecule has 5 aromatic carbocycles. The molecule has 10 rings (SSSR count). The molecule has 46 heavy (non-hydrogen) atoms. The maximum Gasteiger partial charge on any atom is 2.00 e. The monoisotopic (exact) mass is 775 g/mol. The quantitative estimate of drug-likeness (QED) is 0.133. The van der Waals surface area contributed by atoms with Crippen LogP contribution < -0.4 is 0 Å². The Morgan fingerprint density at radius 3 is 2.33 bits per heavy atom. The average molecular weight is 776 g/mol. The smallest absolute Gasteiger partial charge is 0.454 e. The summed E-state index contributed by atoms with van der Waals surface area (Å²) in [5.41, 5.74) is 6.55. The number of nitrogens with zero attached hydrogens (tertiary/aromatic N) is 4. The van der Waals surface area contributed by atoms with Gasteiger partial charge in [-0.15, -0.1) is 29.8 Å². The van der Waals surface area contributed by atoms with Crippen LogP contribution in [0, 0.1) is 12.1 Å². The van der Waals surface area contributed by atoms with Crippen molar-refractivity contribution in [2.75, 3.05) is 0 Å². The van der Waals surface area contributed by atoms with Crippen molar-refractivity contribution in [1.29, 1.82) is 0 Å². The molecule has 0 saturated heterocycles. The van der Waals surface area contributed by atoms with Crippen LogP contribution in [0.15, 0.2) is 126 Å². The van der Waals surface area contributed by atoms with E-state index in [-0.39, 0.29) is 21.1 Å². The first-order valence-electron chi connectivity index (χ1n) is 14.8. The number of hydrogen-bond donors (Lipinski definition) is 0. The molecule has 0 spiro atoms. The van der Waals surface area contributed by atoms with E-state index in [1.54, 1.807) is 18.5 Å². The Hall–Kier alpha value is -5.32. The van der Waals surface area contributed by atoms with Gasteiger partial charge >= 0.3 is 21.1 Å². The second-order valence-electron chi connectivity index (χ2n) is 11.3. The van der Waals surface area contributed by atoms with Crippen molar-refractivity contribution in [1.82, 2.24) is 18.9 Å². The van der Waals surface area contributed by atoms with Gasteiger partial charge in [0.05, 0.1) is 11.2 Å². The van der Waals surface area contributed by atoms with E-state index in [0.29, 0.717) is 16.8 Å². The Morgan fingerprint density at radius 2 is 1.39 bits per heavy atom. The van der Waals surface area contributed by atoms with E-state index in [1.807, 2.05) is 75.8 Å². The van der Waals surface area contributed by atoms with Gasteiger partial charge in [-0.2, -0.15) is 18.2 Å². The minimum Gasteiger partial charge on any atom is -0.454 e. The fraction of sp³-hybridized carbons (Fsp3) is 0.0256. The maximum atomic E-state index is 16.5. The fourth-order valence-corrected chi connectivity index (χ4v) is 6.91. The van der Waals surface area contributed by atoms with E-state index in [4.69, 9.17) is 9.40 Å². The first kappa shape index (κ1) is 27.0. The molecule has 0 N–H and O–H groups in total. The van der Waals surface area contributed by atoms with Gasteiger partial charge in [0.2, 0.25) is 0 Å². The number of fused-ring (bicyclic) bond motifs is 13. The number of rotatable bonds is 3. The predicted molar refractivity (Wildman–Crippen MR) is 177 cm³/mol. The molecular formula is C39H21FN4OPt. The fourth-order valence-electron chi connectivity index (χ4n) is 6.91. The van der Waals surface area contributed by atoms with Gasteiger partial charge in [0.15, 0.2) is 5.58 Å². The summed E-state index contributed by atoms with van der Waals surface area (Å²) in [5.74, 6) is 0. The molecule has 0 saturated carbocycles. The zero-order valence-corrected chi connectivity index (χ0v) is 26.3. The molecule has 0 fully saturated rings. The van der Waals surface area contributed by atoms with E-state index in [0.717, 1.165) is 71.2 Å². The van der Waals surface area contributed by atoms with Crippen LogP contribution in [0.25, 0.3) is 76.9 Å². The third kappa shape index (κ3) is 3.71. The zero-order valence-electron chi connectivity index (χ0n) is 24.0. The molecule has 0 aliphatic rings. The van der Waals surface area contributed by atoms with Crippen LogP contribution in [0.1, 0.15) is 17.3 Å². The van der Waals surface area contributed by atoms with Gasteiger partial charge in [0.25, 0.3) is 0 Å². The standard InChI is InChI=1S/C39H21FN4O.Pt/c40-35(24-14-15-26-27-9-1-3-12-33(27)43-20-19-42-38(43)32(26)22-24)23-7-5-8-25(21-23)44-36-29(31-11-6-18-41-39(31)44)16-17-30-28-10-2-4-13-34(28)45-37(30)36;/h1-20,35H;/q-2;+2. The van der Waals surface area contributed by atoms with Gasteiger partial charge in [-0.05, 0) is 35.7 Å². The van der Waals surface area contributed by atoms with Crippen LogP contribution in [0.3, 0.4) is 0 Å². The number of halogens is 1. The van der Waals surface area contributed by atoms with Crippen LogP contribution in [0.2, 0.25) is 0 Å². The summed E-state index contributed by atoms with van der Waals surface area (Å²) in [6.07, 6.45) is 4.02. The molecule has 0 bridgehead atoms. The van der Waals surface area contributed by atoms with Crippen molar-refractivity contribution in [3.63, 3.8) is 0 Å². The third-order valence-electron chi connectivity index (χ3n) is 8.91. The van der Waals surface area contributed by atoms with Crippen molar-refractivity contribution in [3.8, 4) is 5.69 Å². The Balaban J connectivity index is 0.00000292. The van der Waals surface area contributed by atoms with Gasteiger partial charge in [-0.1, -0.05) is 64.5 Å². The summed E-state index contributed by atoms with van der Waals surface area (Å²) < 4.78 is 27.1. The molecule has 5 aromatic heterocycles. The Kier molecular flexibility index (Phi) is 5.93. The number of alkyl halides is 1. The predicted octanol–water partition coefficient (Wildman–Crippen LogP) is 9.69. The number of hydrogen-bond acceptors (Lipinski definition) is 3. The van der Waals surface area contributed by atoms with Crippen LogP contribution in [-0.2, 0) is 21.1 Å². The van der Waals surface area contributed by atoms with Gasteiger partial charge < -0.3 is 13.4 Å². The van der Waals surface area contributed by atoms with Gasteiger partial charge in [-0.3, -0.25) is 4.98 Å². The summed E-state index contributed by atoms with van der Waals surface area (Å²) in [4.78, 5) is 9.36. The summed E-state index contributed by atoms with van der Waals surface area (Å²) in [7, 11) is 0. The van der Waals surface area contributed by atoms with Gasteiger partial charge in [0.1, 0.15) is 17.4 Å². The minimum atomic E-state index is -1.46. The normalized spacial score (nSPS) is 12.6. The molecule has 0 amide bonds. The molecule has 220 valence electrons. The molecule has 5 heterocycles. The molecule has 0 aliphatic heterocycles. The number of aromatic nitrogens is 4. The Morgan fingerprint density at radius 1 is 0.630 bits per heavy atom. The first-order chi connectivity index (χ1) is 22.2. The van der Waals surface area contributed by atoms with E-state index in [2.05, 4.69) is 53.5 Å².